The molecule has 12 heteroatoms. The Bertz CT molecular complexity index is 1460. The van der Waals surface area contributed by atoms with Crippen molar-refractivity contribution in [3.05, 3.63) is 77.9 Å². The van der Waals surface area contributed by atoms with Gasteiger partial charge in [0.05, 0.1) is 0 Å². The van der Waals surface area contributed by atoms with Crippen molar-refractivity contribution in [1.82, 2.24) is 9.80 Å². The number of hydrogen-bond donors (Lipinski definition) is 2. The third-order valence-electron chi connectivity index (χ3n) is 6.19. The smallest absolute Gasteiger partial charge is 0.508 e. The predicted molar refractivity (Wildman–Crippen MR) is 148 cm³/mol. The van der Waals surface area contributed by atoms with Crippen LogP contribution in [0.25, 0.3) is 11.1 Å². The molecule has 3 aromatic carbocycles. The quantitative estimate of drug-likeness (QED) is 0.386. The van der Waals surface area contributed by atoms with Gasteiger partial charge in [0.15, 0.2) is 0 Å². The molecule has 1 fully saturated rings. The third-order valence-corrected chi connectivity index (χ3v) is 6.19. The van der Waals surface area contributed by atoms with Gasteiger partial charge >= 0.3 is 12.5 Å². The lowest BCUT2D eigenvalue weighted by Crippen LogP contribution is -2.51. The maximum absolute atomic E-state index is 13.1. The first-order chi connectivity index (χ1) is 19.7. The van der Waals surface area contributed by atoms with Crippen LogP contribution in [-0.4, -0.2) is 71.0 Å². The van der Waals surface area contributed by atoms with Gasteiger partial charge < -0.3 is 29.7 Å². The summed E-state index contributed by atoms with van der Waals surface area (Å²) in [5.74, 6) is -1.54. The molecule has 4 rings (SSSR count). The fraction of sp³-hybridized carbons (Fsp3) is 0.300. The van der Waals surface area contributed by atoms with E-state index in [1.165, 1.54) is 30.3 Å². The second kappa shape index (κ2) is 12.0. The number of phenols is 1. The van der Waals surface area contributed by atoms with Gasteiger partial charge in [-0.15, -0.1) is 13.2 Å². The van der Waals surface area contributed by atoms with Crippen molar-refractivity contribution in [1.29, 1.82) is 0 Å². The minimum absolute atomic E-state index is 0.0650. The van der Waals surface area contributed by atoms with Gasteiger partial charge in [0, 0.05) is 49.1 Å². The topological polar surface area (TPSA) is 108 Å². The zero-order chi connectivity index (χ0) is 30.7. The Morgan fingerprint density at radius 1 is 0.810 bits per heavy atom. The van der Waals surface area contributed by atoms with Crippen molar-refractivity contribution >= 4 is 23.6 Å². The Kier molecular flexibility index (Phi) is 8.64. The highest BCUT2D eigenvalue weighted by Crippen LogP contribution is 2.28. The van der Waals surface area contributed by atoms with Crippen molar-refractivity contribution in [2.75, 3.05) is 31.5 Å². The lowest BCUT2D eigenvalue weighted by atomic mass is 10.0. The molecule has 0 spiro atoms. The van der Waals surface area contributed by atoms with Gasteiger partial charge in [-0.3, -0.25) is 9.59 Å². The van der Waals surface area contributed by atoms with Crippen LogP contribution in [0.4, 0.5) is 23.7 Å². The van der Waals surface area contributed by atoms with Crippen molar-refractivity contribution in [2.24, 2.45) is 0 Å². The maximum atomic E-state index is 13.1. The van der Waals surface area contributed by atoms with E-state index in [0.717, 1.165) is 12.1 Å². The molecule has 0 aliphatic carbocycles. The van der Waals surface area contributed by atoms with E-state index >= 15 is 0 Å². The van der Waals surface area contributed by atoms with Crippen LogP contribution in [0.5, 0.6) is 11.5 Å². The second-order valence-corrected chi connectivity index (χ2v) is 10.6. The molecule has 0 unspecified atom stereocenters. The van der Waals surface area contributed by atoms with Crippen LogP contribution in [0.3, 0.4) is 0 Å². The average molecular weight is 586 g/mol. The third kappa shape index (κ3) is 8.15. The molecule has 1 aliphatic rings. The highest BCUT2D eigenvalue weighted by atomic mass is 19.4. The van der Waals surface area contributed by atoms with Crippen molar-refractivity contribution < 1.29 is 42.1 Å². The highest BCUT2D eigenvalue weighted by molar-refractivity contribution is 6.05. The first-order valence-electron chi connectivity index (χ1n) is 13.1. The minimum Gasteiger partial charge on any atom is -0.508 e. The Labute approximate surface area is 240 Å². The van der Waals surface area contributed by atoms with Crippen LogP contribution < -0.4 is 10.1 Å². The predicted octanol–water partition coefficient (Wildman–Crippen LogP) is 5.90. The van der Waals surface area contributed by atoms with Crippen LogP contribution in [0.1, 0.15) is 41.5 Å². The molecule has 3 aromatic rings. The number of nitrogens with zero attached hydrogens (tertiary/aromatic N) is 2. The van der Waals surface area contributed by atoms with Gasteiger partial charge in [-0.1, -0.05) is 18.2 Å². The number of carbonyl (C=O) groups excluding carboxylic acids is 3. The molecular formula is C30H30F3N3O6. The van der Waals surface area contributed by atoms with Gasteiger partial charge in [0.25, 0.3) is 11.8 Å². The van der Waals surface area contributed by atoms with Crippen LogP contribution >= 0.6 is 0 Å². The van der Waals surface area contributed by atoms with Gasteiger partial charge in [0.2, 0.25) is 0 Å². The number of aromatic hydroxyl groups is 1. The molecule has 0 bridgehead atoms. The number of halogens is 3. The summed E-state index contributed by atoms with van der Waals surface area (Å²) in [5, 5.41) is 12.7. The summed E-state index contributed by atoms with van der Waals surface area (Å²) in [6, 6.07) is 15.6. The van der Waals surface area contributed by atoms with Gasteiger partial charge in [0.1, 0.15) is 17.1 Å². The molecule has 9 nitrogen and oxygen atoms in total. The van der Waals surface area contributed by atoms with Crippen LogP contribution in [0, 0.1) is 0 Å². The Hall–Kier alpha value is -4.74. The van der Waals surface area contributed by atoms with E-state index in [0.29, 0.717) is 42.9 Å². The summed E-state index contributed by atoms with van der Waals surface area (Å²) in [6.45, 7) is 6.80. The summed E-state index contributed by atoms with van der Waals surface area (Å²) in [6.07, 6.45) is -5.29. The monoisotopic (exact) mass is 585 g/mol. The fourth-order valence-corrected chi connectivity index (χ4v) is 4.29. The second-order valence-electron chi connectivity index (χ2n) is 10.6. The number of amides is 3. The maximum Gasteiger partial charge on any atom is 0.573 e. The number of anilines is 1. The number of rotatable bonds is 5. The van der Waals surface area contributed by atoms with E-state index in [1.54, 1.807) is 54.8 Å². The lowest BCUT2D eigenvalue weighted by Gasteiger charge is -2.35. The SMILES string of the molecule is CC(C)(C)OC(=O)N1CCN(C(=O)c2ccc(-c3cc(O)cc(C(=O)Nc4cccc(OC(F)(F)F)c4)c3)cc2)CC1. The van der Waals surface area contributed by atoms with Crippen molar-refractivity contribution in [2.45, 2.75) is 32.7 Å². The van der Waals surface area contributed by atoms with E-state index in [4.69, 9.17) is 4.74 Å². The first kappa shape index (κ1) is 30.2. The van der Waals surface area contributed by atoms with E-state index in [2.05, 4.69) is 10.1 Å². The number of carbonyl (C=O) groups is 3. The molecule has 0 saturated carbocycles. The minimum atomic E-state index is -4.88. The molecule has 1 aliphatic heterocycles. The fourth-order valence-electron chi connectivity index (χ4n) is 4.29. The number of benzene rings is 3. The molecule has 2 N–H and O–H groups in total. The summed E-state index contributed by atoms with van der Waals surface area (Å²) < 4.78 is 46.8. The Morgan fingerprint density at radius 3 is 2.07 bits per heavy atom. The summed E-state index contributed by atoms with van der Waals surface area (Å²) in [4.78, 5) is 41.4. The molecule has 222 valence electrons. The van der Waals surface area contributed by atoms with E-state index < -0.39 is 29.7 Å². The van der Waals surface area contributed by atoms with Crippen LogP contribution in [0.2, 0.25) is 0 Å². The van der Waals surface area contributed by atoms with Gasteiger partial charge in [-0.2, -0.15) is 0 Å². The molecule has 0 radical (unpaired) electrons. The largest absolute Gasteiger partial charge is 0.573 e. The standard InChI is InChI=1S/C30H30F3N3O6/c1-29(2,3)42-28(40)36-13-11-35(12-14-36)27(39)20-9-7-19(8-10-20)21-15-22(17-24(37)16-21)26(38)34-23-5-4-6-25(18-23)41-30(31,32)33/h4-10,15-18,37H,11-14H2,1-3H3,(H,34,38). The molecular weight excluding hydrogens is 555 g/mol. The highest BCUT2D eigenvalue weighted by Gasteiger charge is 2.31. The number of alkyl halides is 3. The molecule has 3 amide bonds. The first-order valence-corrected chi connectivity index (χ1v) is 13.1. The van der Waals surface area contributed by atoms with Crippen LogP contribution in [0.15, 0.2) is 66.7 Å². The molecule has 42 heavy (non-hydrogen) atoms. The Balaban J connectivity index is 1.41. The zero-order valence-electron chi connectivity index (χ0n) is 23.2. The normalized spacial score (nSPS) is 13.9. The van der Waals surface area contributed by atoms with E-state index in [1.807, 2.05) is 0 Å². The van der Waals surface area contributed by atoms with Gasteiger partial charge in [-0.05, 0) is 74.4 Å². The van der Waals surface area contributed by atoms with Gasteiger partial charge in [-0.25, -0.2) is 4.79 Å². The number of phenolic OH excluding ortho intramolecular Hbond substituents is 1. The average Bonchev–Trinajstić information content (AvgIpc) is 2.91. The molecule has 0 atom stereocenters. The number of nitrogens with one attached hydrogen (secondary N) is 1. The summed E-state index contributed by atoms with van der Waals surface area (Å²) in [7, 11) is 0. The van der Waals surface area contributed by atoms with Crippen LogP contribution in [-0.2, 0) is 4.74 Å². The van der Waals surface area contributed by atoms with E-state index in [9.17, 15) is 32.7 Å². The van der Waals surface area contributed by atoms with Crippen molar-refractivity contribution in [3.8, 4) is 22.6 Å². The molecule has 0 aromatic heterocycles. The number of ether oxygens (including phenoxy) is 2. The zero-order valence-corrected chi connectivity index (χ0v) is 23.2. The van der Waals surface area contributed by atoms with Crippen molar-refractivity contribution in [3.63, 3.8) is 0 Å². The van der Waals surface area contributed by atoms with E-state index in [-0.39, 0.29) is 22.9 Å². The summed E-state index contributed by atoms with van der Waals surface area (Å²) in [5.41, 5.74) is 1.07. The Morgan fingerprint density at radius 2 is 1.45 bits per heavy atom. The number of hydrogen-bond acceptors (Lipinski definition) is 6. The lowest BCUT2D eigenvalue weighted by molar-refractivity contribution is -0.274. The molecule has 1 heterocycles. The number of piperazine rings is 1. The molecule has 1 saturated heterocycles. The summed E-state index contributed by atoms with van der Waals surface area (Å²) >= 11 is 0.